The van der Waals surface area contributed by atoms with Gasteiger partial charge in [0.15, 0.2) is 5.96 Å². The number of nitrogens with zero attached hydrogens (tertiary/aromatic N) is 3. The largest absolute Gasteiger partial charge is 0.443 e. The zero-order valence-corrected chi connectivity index (χ0v) is 18.3. The van der Waals surface area contributed by atoms with Crippen molar-refractivity contribution >= 4 is 5.96 Å². The number of aliphatic imine (C=N–C) groups is 1. The Balaban J connectivity index is 1.85. The van der Waals surface area contributed by atoms with Crippen molar-refractivity contribution in [3.8, 4) is 0 Å². The van der Waals surface area contributed by atoms with Crippen LogP contribution in [0, 0.1) is 11.8 Å². The summed E-state index contributed by atoms with van der Waals surface area (Å²) in [5.74, 6) is 3.84. The van der Waals surface area contributed by atoms with Crippen molar-refractivity contribution in [3.63, 3.8) is 0 Å². The molecule has 2 heterocycles. The van der Waals surface area contributed by atoms with E-state index in [9.17, 15) is 0 Å². The van der Waals surface area contributed by atoms with Crippen molar-refractivity contribution < 1.29 is 4.42 Å². The van der Waals surface area contributed by atoms with Gasteiger partial charge in [0.2, 0.25) is 5.89 Å². The SMILES string of the molecule is CN=C(NCc1ncc(C(C)(C)C)o1)NCC(C(C)C)N1CCC(C)CC1. The molecule has 1 fully saturated rings. The van der Waals surface area contributed by atoms with E-state index in [0.29, 0.717) is 24.4 Å². The highest BCUT2D eigenvalue weighted by Gasteiger charge is 2.25. The van der Waals surface area contributed by atoms with Gasteiger partial charge in [-0.25, -0.2) is 4.98 Å². The molecule has 6 heteroatoms. The number of guanidine groups is 1. The molecule has 0 aromatic carbocycles. The van der Waals surface area contributed by atoms with Gasteiger partial charge in [-0.1, -0.05) is 41.5 Å². The molecule has 6 nitrogen and oxygen atoms in total. The number of aromatic nitrogens is 1. The third-order valence-corrected chi connectivity index (χ3v) is 5.46. The van der Waals surface area contributed by atoms with Gasteiger partial charge in [0.1, 0.15) is 5.76 Å². The zero-order chi connectivity index (χ0) is 20.0. The van der Waals surface area contributed by atoms with Crippen molar-refractivity contribution in [3.05, 3.63) is 17.8 Å². The molecule has 1 aromatic rings. The van der Waals surface area contributed by atoms with Crippen LogP contribution in [0.15, 0.2) is 15.6 Å². The van der Waals surface area contributed by atoms with Gasteiger partial charge in [0.05, 0.1) is 12.7 Å². The standard InChI is InChI=1S/C21H39N5O/c1-15(2)17(26-10-8-16(3)9-11-26)12-24-20(22-7)25-14-19-23-13-18(27-19)21(4,5)6/h13,15-17H,8-12,14H2,1-7H3,(H2,22,24,25). The van der Waals surface area contributed by atoms with Gasteiger partial charge in [-0.2, -0.15) is 0 Å². The van der Waals surface area contributed by atoms with Crippen LogP contribution in [-0.2, 0) is 12.0 Å². The molecule has 2 N–H and O–H groups in total. The minimum Gasteiger partial charge on any atom is -0.443 e. The van der Waals surface area contributed by atoms with E-state index in [2.05, 4.69) is 67.1 Å². The lowest BCUT2D eigenvalue weighted by Crippen LogP contribution is -2.51. The predicted molar refractivity (Wildman–Crippen MR) is 112 cm³/mol. The molecule has 2 rings (SSSR count). The Kier molecular flexibility index (Phi) is 7.71. The van der Waals surface area contributed by atoms with Gasteiger partial charge >= 0.3 is 0 Å². The van der Waals surface area contributed by atoms with E-state index in [1.165, 1.54) is 25.9 Å². The summed E-state index contributed by atoms with van der Waals surface area (Å²) >= 11 is 0. The molecule has 0 aliphatic carbocycles. The van der Waals surface area contributed by atoms with E-state index in [0.717, 1.165) is 24.2 Å². The van der Waals surface area contributed by atoms with Crippen molar-refractivity contribution in [1.29, 1.82) is 0 Å². The molecular weight excluding hydrogens is 338 g/mol. The molecule has 0 amide bonds. The highest BCUT2D eigenvalue weighted by Crippen LogP contribution is 2.23. The first-order chi connectivity index (χ1) is 12.7. The summed E-state index contributed by atoms with van der Waals surface area (Å²) in [7, 11) is 1.80. The van der Waals surface area contributed by atoms with Crippen LogP contribution in [0.3, 0.4) is 0 Å². The van der Waals surface area contributed by atoms with E-state index >= 15 is 0 Å². The number of rotatable bonds is 6. The first kappa shape index (κ1) is 21.7. The second-order valence-corrected chi connectivity index (χ2v) is 9.20. The molecule has 0 spiro atoms. The predicted octanol–water partition coefficient (Wildman–Crippen LogP) is 3.39. The normalized spacial score (nSPS) is 18.7. The number of nitrogens with one attached hydrogen (secondary N) is 2. The number of hydrogen-bond acceptors (Lipinski definition) is 4. The van der Waals surface area contributed by atoms with Crippen LogP contribution in [0.5, 0.6) is 0 Å². The summed E-state index contributed by atoms with van der Waals surface area (Å²) in [5.41, 5.74) is -0.0262. The highest BCUT2D eigenvalue weighted by molar-refractivity contribution is 5.79. The van der Waals surface area contributed by atoms with Gasteiger partial charge < -0.3 is 15.1 Å². The molecule has 27 heavy (non-hydrogen) atoms. The molecule has 0 bridgehead atoms. The number of piperidine rings is 1. The molecule has 1 atom stereocenters. The highest BCUT2D eigenvalue weighted by atomic mass is 16.4. The Bertz CT molecular complexity index is 594. The zero-order valence-electron chi connectivity index (χ0n) is 18.3. The molecule has 1 saturated heterocycles. The van der Waals surface area contributed by atoms with Gasteiger partial charge in [0.25, 0.3) is 0 Å². The van der Waals surface area contributed by atoms with E-state index in [1.54, 1.807) is 7.05 Å². The molecule has 1 aromatic heterocycles. The summed E-state index contributed by atoms with van der Waals surface area (Å²) < 4.78 is 5.85. The number of likely N-dealkylation sites (tertiary alicyclic amines) is 1. The maximum absolute atomic E-state index is 5.85. The van der Waals surface area contributed by atoms with Crippen molar-refractivity contribution in [2.75, 3.05) is 26.7 Å². The first-order valence-electron chi connectivity index (χ1n) is 10.3. The third-order valence-electron chi connectivity index (χ3n) is 5.46. The Morgan fingerprint density at radius 3 is 2.48 bits per heavy atom. The van der Waals surface area contributed by atoms with Crippen LogP contribution in [0.4, 0.5) is 0 Å². The molecule has 0 saturated carbocycles. The quantitative estimate of drug-likeness (QED) is 0.588. The smallest absolute Gasteiger partial charge is 0.213 e. The molecular formula is C21H39N5O. The monoisotopic (exact) mass is 377 g/mol. The third kappa shape index (κ3) is 6.52. The summed E-state index contributed by atoms with van der Waals surface area (Å²) in [6.07, 6.45) is 4.42. The van der Waals surface area contributed by atoms with Crippen molar-refractivity contribution in [2.45, 2.75) is 72.4 Å². The van der Waals surface area contributed by atoms with Crippen LogP contribution in [-0.4, -0.2) is 48.6 Å². The summed E-state index contributed by atoms with van der Waals surface area (Å²) in [6.45, 7) is 17.2. The lowest BCUT2D eigenvalue weighted by Gasteiger charge is -2.39. The average Bonchev–Trinajstić information content (AvgIpc) is 3.08. The maximum Gasteiger partial charge on any atom is 0.213 e. The number of oxazole rings is 1. The summed E-state index contributed by atoms with van der Waals surface area (Å²) in [4.78, 5) is 11.4. The van der Waals surface area contributed by atoms with Crippen LogP contribution in [0.2, 0.25) is 0 Å². The average molecular weight is 378 g/mol. The molecule has 0 radical (unpaired) electrons. The van der Waals surface area contributed by atoms with Gasteiger partial charge in [-0.15, -0.1) is 0 Å². The fraction of sp³-hybridized carbons (Fsp3) is 0.810. The van der Waals surface area contributed by atoms with Crippen LogP contribution >= 0.6 is 0 Å². The first-order valence-corrected chi connectivity index (χ1v) is 10.3. The van der Waals surface area contributed by atoms with Gasteiger partial charge in [-0.3, -0.25) is 9.89 Å². The second kappa shape index (κ2) is 9.58. The van der Waals surface area contributed by atoms with Crippen molar-refractivity contribution in [1.82, 2.24) is 20.5 Å². The van der Waals surface area contributed by atoms with Crippen LogP contribution in [0.1, 0.15) is 66.0 Å². The van der Waals surface area contributed by atoms with Crippen LogP contribution < -0.4 is 10.6 Å². The molecule has 1 aliphatic rings. The van der Waals surface area contributed by atoms with Crippen LogP contribution in [0.25, 0.3) is 0 Å². The Morgan fingerprint density at radius 2 is 1.96 bits per heavy atom. The molecule has 154 valence electrons. The summed E-state index contributed by atoms with van der Waals surface area (Å²) in [6, 6.07) is 0.519. The number of hydrogen-bond donors (Lipinski definition) is 2. The van der Waals surface area contributed by atoms with E-state index < -0.39 is 0 Å². The minimum absolute atomic E-state index is 0.0262. The molecule has 1 aliphatic heterocycles. The summed E-state index contributed by atoms with van der Waals surface area (Å²) in [5, 5.41) is 6.81. The Morgan fingerprint density at radius 1 is 1.30 bits per heavy atom. The van der Waals surface area contributed by atoms with E-state index in [1.807, 2.05) is 6.20 Å². The van der Waals surface area contributed by atoms with Crippen molar-refractivity contribution in [2.24, 2.45) is 16.8 Å². The fourth-order valence-electron chi connectivity index (χ4n) is 3.47. The van der Waals surface area contributed by atoms with E-state index in [-0.39, 0.29) is 5.41 Å². The van der Waals surface area contributed by atoms with Gasteiger partial charge in [0, 0.05) is 25.0 Å². The lowest BCUT2D eigenvalue weighted by atomic mass is 9.94. The fourth-order valence-corrected chi connectivity index (χ4v) is 3.47. The minimum atomic E-state index is -0.0262. The molecule has 1 unspecified atom stereocenters. The Labute approximate surface area is 165 Å². The Hall–Kier alpha value is -1.56. The second-order valence-electron chi connectivity index (χ2n) is 9.20. The van der Waals surface area contributed by atoms with Gasteiger partial charge in [-0.05, 0) is 37.8 Å². The maximum atomic E-state index is 5.85. The van der Waals surface area contributed by atoms with E-state index in [4.69, 9.17) is 4.42 Å². The lowest BCUT2D eigenvalue weighted by molar-refractivity contribution is 0.110. The topological polar surface area (TPSA) is 65.7 Å².